The fraction of sp³-hybridized carbons (Fsp3) is 0.200. The minimum absolute atomic E-state index is 0.332. The van der Waals surface area contributed by atoms with Gasteiger partial charge >= 0.3 is 0 Å². The quantitative estimate of drug-likeness (QED) is 0.812. The number of hydrogen-bond donors (Lipinski definition) is 1. The second kappa shape index (κ2) is 4.18. The van der Waals surface area contributed by atoms with E-state index in [1.54, 1.807) is 16.9 Å². The Balaban J connectivity index is 2.11. The van der Waals surface area contributed by atoms with Crippen molar-refractivity contribution < 1.29 is 4.39 Å². The molecule has 4 nitrogen and oxygen atoms in total. The van der Waals surface area contributed by atoms with Crippen LogP contribution in [-0.4, -0.2) is 14.8 Å². The lowest BCUT2D eigenvalue weighted by molar-refractivity contribution is 0.612. The van der Waals surface area contributed by atoms with E-state index >= 15 is 0 Å². The molecule has 0 saturated heterocycles. The first kappa shape index (κ1) is 9.79. The summed E-state index contributed by atoms with van der Waals surface area (Å²) in [5.41, 5.74) is 7.19. The molecular weight excluding hydrogens is 195 g/mol. The van der Waals surface area contributed by atoms with Gasteiger partial charge < -0.3 is 5.73 Å². The summed E-state index contributed by atoms with van der Waals surface area (Å²) in [6.45, 7) is 0.997. The second-order valence-electron chi connectivity index (χ2n) is 3.22. The number of halogens is 1. The highest BCUT2D eigenvalue weighted by Gasteiger charge is 1.99. The average Bonchev–Trinajstić information content (AvgIpc) is 2.69. The van der Waals surface area contributed by atoms with Crippen molar-refractivity contribution in [3.8, 4) is 0 Å². The van der Waals surface area contributed by atoms with E-state index in [4.69, 9.17) is 5.73 Å². The van der Waals surface area contributed by atoms with Gasteiger partial charge in [-0.1, -0.05) is 0 Å². The molecular formula is C10H11FN4. The molecule has 2 rings (SSSR count). The van der Waals surface area contributed by atoms with E-state index in [2.05, 4.69) is 10.1 Å². The summed E-state index contributed by atoms with van der Waals surface area (Å²) in [5, 5.41) is 4.11. The zero-order valence-corrected chi connectivity index (χ0v) is 8.10. The Kier molecular flexibility index (Phi) is 2.73. The third-order valence-corrected chi connectivity index (χ3v) is 2.04. The zero-order chi connectivity index (χ0) is 10.7. The van der Waals surface area contributed by atoms with Crippen molar-refractivity contribution in [3.63, 3.8) is 0 Å². The van der Waals surface area contributed by atoms with Crippen LogP contribution in [0.5, 0.6) is 0 Å². The Morgan fingerprint density at radius 3 is 2.80 bits per heavy atom. The topological polar surface area (TPSA) is 56.7 Å². The average molecular weight is 206 g/mol. The van der Waals surface area contributed by atoms with E-state index < -0.39 is 0 Å². The molecule has 2 aromatic heterocycles. The van der Waals surface area contributed by atoms with Gasteiger partial charge in [-0.15, -0.1) is 0 Å². The normalized spacial score (nSPS) is 10.5. The molecule has 2 heterocycles. The van der Waals surface area contributed by atoms with Crippen LogP contribution in [0.15, 0.2) is 30.7 Å². The highest BCUT2D eigenvalue weighted by molar-refractivity contribution is 5.08. The Morgan fingerprint density at radius 1 is 1.33 bits per heavy atom. The largest absolute Gasteiger partial charge is 0.326 e. The van der Waals surface area contributed by atoms with Crippen LogP contribution in [0.4, 0.5) is 4.39 Å². The minimum Gasteiger partial charge on any atom is -0.326 e. The SMILES string of the molecule is NCc1cnn(Cc2ccc(F)cn2)c1. The first-order valence-corrected chi connectivity index (χ1v) is 4.60. The van der Waals surface area contributed by atoms with Gasteiger partial charge in [0.15, 0.2) is 0 Å². The van der Waals surface area contributed by atoms with Crippen LogP contribution in [0.1, 0.15) is 11.3 Å². The van der Waals surface area contributed by atoms with Gasteiger partial charge in [0.2, 0.25) is 0 Å². The lowest BCUT2D eigenvalue weighted by Crippen LogP contribution is -2.02. The molecule has 0 amide bonds. The minimum atomic E-state index is -0.332. The molecule has 15 heavy (non-hydrogen) atoms. The van der Waals surface area contributed by atoms with Gasteiger partial charge in [0.1, 0.15) is 5.82 Å². The number of hydrogen-bond acceptors (Lipinski definition) is 3. The van der Waals surface area contributed by atoms with Crippen molar-refractivity contribution >= 4 is 0 Å². The molecule has 0 radical (unpaired) electrons. The maximum absolute atomic E-state index is 12.6. The Morgan fingerprint density at radius 2 is 2.20 bits per heavy atom. The standard InChI is InChI=1S/C10H11FN4/c11-9-1-2-10(13-5-9)7-15-6-8(3-12)4-14-15/h1-2,4-6H,3,7,12H2. The lowest BCUT2D eigenvalue weighted by atomic mass is 10.3. The highest BCUT2D eigenvalue weighted by atomic mass is 19.1. The molecule has 0 bridgehead atoms. The molecule has 0 aliphatic rings. The van der Waals surface area contributed by atoms with E-state index in [1.807, 2.05) is 6.20 Å². The third kappa shape index (κ3) is 2.38. The second-order valence-corrected chi connectivity index (χ2v) is 3.22. The van der Waals surface area contributed by atoms with Crippen molar-refractivity contribution in [1.29, 1.82) is 0 Å². The highest BCUT2D eigenvalue weighted by Crippen LogP contribution is 2.02. The summed E-state index contributed by atoms with van der Waals surface area (Å²) in [4.78, 5) is 3.94. The predicted molar refractivity (Wildman–Crippen MR) is 53.4 cm³/mol. The molecule has 0 saturated carbocycles. The van der Waals surface area contributed by atoms with Gasteiger partial charge in [-0.05, 0) is 12.1 Å². The maximum atomic E-state index is 12.6. The van der Waals surface area contributed by atoms with Crippen molar-refractivity contribution in [3.05, 3.63) is 47.8 Å². The molecule has 5 heteroatoms. The van der Waals surface area contributed by atoms with E-state index in [0.29, 0.717) is 13.1 Å². The molecule has 0 aliphatic carbocycles. The molecule has 0 atom stereocenters. The number of aromatic nitrogens is 3. The van der Waals surface area contributed by atoms with Crippen LogP contribution in [-0.2, 0) is 13.1 Å². The molecule has 0 fully saturated rings. The summed E-state index contributed by atoms with van der Waals surface area (Å²) in [5.74, 6) is -0.332. The van der Waals surface area contributed by atoms with Crippen LogP contribution in [0.2, 0.25) is 0 Å². The predicted octanol–water partition coefficient (Wildman–Crippen LogP) is 0.924. The van der Waals surface area contributed by atoms with E-state index in [0.717, 1.165) is 11.3 Å². The van der Waals surface area contributed by atoms with Gasteiger partial charge in [0.25, 0.3) is 0 Å². The number of nitrogens with two attached hydrogens (primary N) is 1. The van der Waals surface area contributed by atoms with E-state index in [-0.39, 0.29) is 5.82 Å². The van der Waals surface area contributed by atoms with E-state index in [9.17, 15) is 4.39 Å². The van der Waals surface area contributed by atoms with Crippen LogP contribution >= 0.6 is 0 Å². The number of nitrogens with zero attached hydrogens (tertiary/aromatic N) is 3. The van der Waals surface area contributed by atoms with Crippen molar-refractivity contribution in [1.82, 2.24) is 14.8 Å². The van der Waals surface area contributed by atoms with Gasteiger partial charge in [-0.25, -0.2) is 4.39 Å². The molecule has 78 valence electrons. The molecule has 0 spiro atoms. The maximum Gasteiger partial charge on any atom is 0.141 e. The number of pyridine rings is 1. The number of rotatable bonds is 3. The molecule has 0 unspecified atom stereocenters. The fourth-order valence-electron chi connectivity index (χ4n) is 1.26. The van der Waals surface area contributed by atoms with Crippen LogP contribution in [0.25, 0.3) is 0 Å². The van der Waals surface area contributed by atoms with Crippen LogP contribution in [0.3, 0.4) is 0 Å². The molecule has 0 aromatic carbocycles. The fourth-order valence-corrected chi connectivity index (χ4v) is 1.26. The van der Waals surface area contributed by atoms with Crippen molar-refractivity contribution in [2.24, 2.45) is 5.73 Å². The summed E-state index contributed by atoms with van der Waals surface area (Å²) in [6.07, 6.45) is 4.76. The van der Waals surface area contributed by atoms with Gasteiger partial charge in [0.05, 0.1) is 24.6 Å². The van der Waals surface area contributed by atoms with Crippen molar-refractivity contribution in [2.45, 2.75) is 13.1 Å². The van der Waals surface area contributed by atoms with E-state index in [1.165, 1.54) is 12.3 Å². The first-order valence-electron chi connectivity index (χ1n) is 4.60. The smallest absolute Gasteiger partial charge is 0.141 e. The van der Waals surface area contributed by atoms with Crippen LogP contribution in [0, 0.1) is 5.82 Å². The van der Waals surface area contributed by atoms with Gasteiger partial charge in [-0.2, -0.15) is 5.10 Å². The Bertz CT molecular complexity index is 435. The van der Waals surface area contributed by atoms with Gasteiger partial charge in [-0.3, -0.25) is 9.67 Å². The molecule has 2 aromatic rings. The molecule has 0 aliphatic heterocycles. The summed E-state index contributed by atoms with van der Waals surface area (Å²) in [7, 11) is 0. The monoisotopic (exact) mass is 206 g/mol. The zero-order valence-electron chi connectivity index (χ0n) is 8.10. The van der Waals surface area contributed by atoms with Crippen LogP contribution < -0.4 is 5.73 Å². The third-order valence-electron chi connectivity index (χ3n) is 2.04. The first-order chi connectivity index (χ1) is 7.28. The Hall–Kier alpha value is -1.75. The van der Waals surface area contributed by atoms with Gasteiger partial charge in [0, 0.05) is 18.3 Å². The summed E-state index contributed by atoms with van der Waals surface area (Å²) >= 11 is 0. The molecule has 2 N–H and O–H groups in total. The summed E-state index contributed by atoms with van der Waals surface area (Å²) < 4.78 is 14.3. The lowest BCUT2D eigenvalue weighted by Gasteiger charge is -2.00. The Labute approximate surface area is 86.6 Å². The van der Waals surface area contributed by atoms with Crippen molar-refractivity contribution in [2.75, 3.05) is 0 Å². The summed E-state index contributed by atoms with van der Waals surface area (Å²) in [6, 6.07) is 3.02.